The third-order valence-electron chi connectivity index (χ3n) is 3.26. The van der Waals surface area contributed by atoms with Crippen molar-refractivity contribution in [3.8, 4) is 0 Å². The van der Waals surface area contributed by atoms with Gasteiger partial charge in [0.1, 0.15) is 4.90 Å². The Balaban J connectivity index is 3.26. The summed E-state index contributed by atoms with van der Waals surface area (Å²) in [5.41, 5.74) is 0.986. The van der Waals surface area contributed by atoms with Gasteiger partial charge in [-0.15, -0.1) is 0 Å². The molecule has 1 aromatic rings. The smallest absolute Gasteiger partial charge is 0.246 e. The Morgan fingerprint density at radius 2 is 1.86 bits per heavy atom. The highest BCUT2D eigenvalue weighted by molar-refractivity contribution is 7.89. The van der Waals surface area contributed by atoms with Crippen LogP contribution in [0, 0.1) is 19.3 Å². The molecule has 0 atom stereocenters. The summed E-state index contributed by atoms with van der Waals surface area (Å²) in [6, 6.07) is 0. The van der Waals surface area contributed by atoms with Crippen molar-refractivity contribution in [2.45, 2.75) is 45.9 Å². The fourth-order valence-electron chi connectivity index (χ4n) is 2.32. The minimum Gasteiger partial charge on any atom is -0.396 e. The van der Waals surface area contributed by atoms with E-state index in [-0.39, 0.29) is 16.9 Å². The predicted molar refractivity (Wildman–Crippen MR) is 82.6 cm³/mol. The summed E-state index contributed by atoms with van der Waals surface area (Å²) in [5.74, 6) is 0. The number of aromatic nitrogens is 2. The number of rotatable bonds is 6. The van der Waals surface area contributed by atoms with Crippen molar-refractivity contribution < 1.29 is 13.5 Å². The van der Waals surface area contributed by atoms with Crippen LogP contribution in [0.15, 0.2) is 4.90 Å². The zero-order chi connectivity index (χ0) is 16.4. The van der Waals surface area contributed by atoms with E-state index in [0.29, 0.717) is 30.9 Å². The van der Waals surface area contributed by atoms with E-state index in [1.807, 2.05) is 20.8 Å². The van der Waals surface area contributed by atoms with Gasteiger partial charge in [0.2, 0.25) is 10.0 Å². The minimum absolute atomic E-state index is 0.0266. The highest BCUT2D eigenvalue weighted by Crippen LogP contribution is 2.26. The molecule has 1 N–H and O–H groups in total. The summed E-state index contributed by atoms with van der Waals surface area (Å²) in [6.45, 7) is 10.1. The number of hydrogen-bond donors (Lipinski definition) is 1. The molecular weight excluding hydrogens is 290 g/mol. The van der Waals surface area contributed by atoms with E-state index < -0.39 is 10.0 Å². The number of aliphatic hydroxyl groups excluding tert-OH is 1. The summed E-state index contributed by atoms with van der Waals surface area (Å²) in [6.07, 6.45) is 0.424. The topological polar surface area (TPSA) is 75.4 Å². The maximum Gasteiger partial charge on any atom is 0.246 e. The van der Waals surface area contributed by atoms with Gasteiger partial charge in [-0.2, -0.15) is 9.40 Å². The minimum atomic E-state index is -3.61. The van der Waals surface area contributed by atoms with Gasteiger partial charge >= 0.3 is 0 Å². The molecule has 0 saturated heterocycles. The van der Waals surface area contributed by atoms with Gasteiger partial charge in [0.15, 0.2) is 0 Å². The van der Waals surface area contributed by atoms with Crippen LogP contribution < -0.4 is 0 Å². The van der Waals surface area contributed by atoms with Crippen LogP contribution in [-0.4, -0.2) is 47.3 Å². The first-order valence-corrected chi connectivity index (χ1v) is 8.56. The van der Waals surface area contributed by atoms with E-state index in [2.05, 4.69) is 5.10 Å². The van der Waals surface area contributed by atoms with E-state index in [1.165, 1.54) is 4.31 Å². The lowest BCUT2D eigenvalue weighted by atomic mass is 9.97. The maximum absolute atomic E-state index is 13.0. The number of sulfonamides is 1. The average molecular weight is 317 g/mol. The van der Waals surface area contributed by atoms with Crippen molar-refractivity contribution >= 4 is 10.0 Å². The summed E-state index contributed by atoms with van der Waals surface area (Å²) < 4.78 is 29.0. The van der Waals surface area contributed by atoms with E-state index in [1.54, 1.807) is 25.6 Å². The van der Waals surface area contributed by atoms with Crippen LogP contribution in [0.5, 0.6) is 0 Å². The molecular formula is C14H27N3O3S. The van der Waals surface area contributed by atoms with Crippen LogP contribution in [0.25, 0.3) is 0 Å². The number of nitrogens with zero attached hydrogens (tertiary/aromatic N) is 3. The van der Waals surface area contributed by atoms with Crippen LogP contribution in [0.2, 0.25) is 0 Å². The third-order valence-corrected chi connectivity index (χ3v) is 5.36. The SMILES string of the molecule is Cc1nn(C)c(C)c1S(=O)(=O)N(CCCO)CC(C)(C)C. The molecule has 0 bridgehead atoms. The third kappa shape index (κ3) is 4.28. The molecule has 1 aromatic heterocycles. The Hall–Kier alpha value is -0.920. The first kappa shape index (κ1) is 18.1. The lowest BCUT2D eigenvalue weighted by Crippen LogP contribution is -2.39. The molecule has 0 radical (unpaired) electrons. The van der Waals surface area contributed by atoms with Crippen LogP contribution in [-0.2, 0) is 17.1 Å². The lowest BCUT2D eigenvalue weighted by Gasteiger charge is -2.29. The molecule has 1 heterocycles. The Morgan fingerprint density at radius 3 is 2.24 bits per heavy atom. The molecule has 6 nitrogen and oxygen atoms in total. The normalized spacial score (nSPS) is 13.1. The van der Waals surface area contributed by atoms with Gasteiger partial charge in [-0.1, -0.05) is 20.8 Å². The van der Waals surface area contributed by atoms with Gasteiger partial charge in [0.05, 0.1) is 11.4 Å². The summed E-state index contributed by atoms with van der Waals surface area (Å²) in [7, 11) is -1.87. The van der Waals surface area contributed by atoms with E-state index in [4.69, 9.17) is 5.11 Å². The highest BCUT2D eigenvalue weighted by Gasteiger charge is 2.32. The maximum atomic E-state index is 13.0. The van der Waals surface area contributed by atoms with E-state index in [0.717, 1.165) is 0 Å². The van der Waals surface area contributed by atoms with Crippen molar-refractivity contribution in [2.75, 3.05) is 19.7 Å². The first-order chi connectivity index (χ1) is 9.50. The fourth-order valence-corrected chi connectivity index (χ4v) is 4.42. The zero-order valence-electron chi connectivity index (χ0n) is 13.8. The van der Waals surface area contributed by atoms with Gasteiger partial charge < -0.3 is 5.11 Å². The predicted octanol–water partition coefficient (Wildman–Crippen LogP) is 1.46. The Bertz CT molecular complexity index is 585. The van der Waals surface area contributed by atoms with Crippen LogP contribution in [0.4, 0.5) is 0 Å². The van der Waals surface area contributed by atoms with Crippen LogP contribution in [0.3, 0.4) is 0 Å². The standard InChI is InChI=1S/C14H27N3O3S/c1-11-13(12(2)16(6)15-11)21(19,20)17(8-7-9-18)10-14(3,4)5/h18H,7-10H2,1-6H3. The molecule has 0 aliphatic carbocycles. The zero-order valence-corrected chi connectivity index (χ0v) is 14.7. The second-order valence-corrected chi connectivity index (χ2v) is 8.47. The van der Waals surface area contributed by atoms with Gasteiger partial charge in [-0.25, -0.2) is 8.42 Å². The van der Waals surface area contributed by atoms with Crippen LogP contribution >= 0.6 is 0 Å². The number of hydrogen-bond acceptors (Lipinski definition) is 4. The Kier molecular flexibility index (Phi) is 5.57. The second kappa shape index (κ2) is 6.46. The molecule has 7 heteroatoms. The van der Waals surface area contributed by atoms with Crippen LogP contribution in [0.1, 0.15) is 38.6 Å². The molecule has 21 heavy (non-hydrogen) atoms. The molecule has 0 aliphatic rings. The second-order valence-electron chi connectivity index (χ2n) is 6.60. The Morgan fingerprint density at radius 1 is 1.29 bits per heavy atom. The van der Waals surface area contributed by atoms with E-state index >= 15 is 0 Å². The van der Waals surface area contributed by atoms with Crippen molar-refractivity contribution in [1.29, 1.82) is 0 Å². The van der Waals surface area contributed by atoms with Gasteiger partial charge in [-0.05, 0) is 25.7 Å². The quantitative estimate of drug-likeness (QED) is 0.862. The molecule has 1 rings (SSSR count). The van der Waals surface area contributed by atoms with Crippen molar-refractivity contribution in [1.82, 2.24) is 14.1 Å². The molecule has 0 aliphatic heterocycles. The average Bonchev–Trinajstić information content (AvgIpc) is 2.57. The summed E-state index contributed by atoms with van der Waals surface area (Å²) >= 11 is 0. The summed E-state index contributed by atoms with van der Waals surface area (Å²) in [4.78, 5) is 0.284. The molecule has 0 aromatic carbocycles. The van der Waals surface area contributed by atoms with Gasteiger partial charge in [0.25, 0.3) is 0 Å². The fraction of sp³-hybridized carbons (Fsp3) is 0.786. The van der Waals surface area contributed by atoms with E-state index in [9.17, 15) is 8.42 Å². The molecule has 0 spiro atoms. The largest absolute Gasteiger partial charge is 0.396 e. The Labute approximate surface area is 127 Å². The molecule has 122 valence electrons. The molecule has 0 fully saturated rings. The number of aryl methyl sites for hydroxylation is 2. The first-order valence-electron chi connectivity index (χ1n) is 7.12. The van der Waals surface area contributed by atoms with Gasteiger partial charge in [-0.3, -0.25) is 4.68 Å². The van der Waals surface area contributed by atoms with Crippen molar-refractivity contribution in [3.05, 3.63) is 11.4 Å². The van der Waals surface area contributed by atoms with Gasteiger partial charge in [0, 0.05) is 26.7 Å². The lowest BCUT2D eigenvalue weighted by molar-refractivity contribution is 0.240. The van der Waals surface area contributed by atoms with Crippen molar-refractivity contribution in [3.63, 3.8) is 0 Å². The molecule has 0 amide bonds. The molecule has 0 unspecified atom stereocenters. The summed E-state index contributed by atoms with van der Waals surface area (Å²) in [5, 5.41) is 13.2. The molecule has 0 saturated carbocycles. The highest BCUT2D eigenvalue weighted by atomic mass is 32.2. The van der Waals surface area contributed by atoms with Crippen molar-refractivity contribution in [2.24, 2.45) is 12.5 Å². The monoisotopic (exact) mass is 317 g/mol. The number of aliphatic hydroxyl groups is 1.